The van der Waals surface area contributed by atoms with Gasteiger partial charge in [-0.2, -0.15) is 5.10 Å². The summed E-state index contributed by atoms with van der Waals surface area (Å²) in [6.07, 6.45) is 14.2. The van der Waals surface area contributed by atoms with Crippen LogP contribution in [0.1, 0.15) is 62.6 Å². The molecule has 1 N–H and O–H groups in total. The molecule has 5 nitrogen and oxygen atoms in total. The molecule has 5 heteroatoms. The number of hydrogen-bond donors (Lipinski definition) is 1. The second-order valence-corrected chi connectivity index (χ2v) is 7.05. The van der Waals surface area contributed by atoms with Crippen LogP contribution < -0.4 is 5.32 Å². The van der Waals surface area contributed by atoms with Crippen molar-refractivity contribution >= 4 is 11.6 Å². The van der Waals surface area contributed by atoms with E-state index < -0.39 is 0 Å². The predicted octanol–water partition coefficient (Wildman–Crippen LogP) is 3.45. The van der Waals surface area contributed by atoms with Gasteiger partial charge in [-0.1, -0.05) is 32.1 Å². The van der Waals surface area contributed by atoms with Gasteiger partial charge in [0.05, 0.1) is 5.69 Å². The molecule has 2 aromatic rings. The highest BCUT2D eigenvalue weighted by Crippen LogP contribution is 2.27. The van der Waals surface area contributed by atoms with Crippen molar-refractivity contribution in [3.63, 3.8) is 0 Å². The first-order valence-corrected chi connectivity index (χ1v) is 9.28. The second kappa shape index (κ2) is 8.27. The number of hydrogen-bond acceptors (Lipinski definition) is 3. The van der Waals surface area contributed by atoms with Crippen molar-refractivity contribution in [2.24, 2.45) is 5.92 Å². The molecule has 2 heterocycles. The van der Waals surface area contributed by atoms with Crippen LogP contribution in [0.25, 0.3) is 5.65 Å². The molecule has 2 aromatic heterocycles. The normalized spacial score (nSPS) is 15.7. The Bertz CT molecular complexity index is 673. The number of nitrogens with one attached hydrogen (secondary N) is 1. The molecule has 130 valence electrons. The van der Waals surface area contributed by atoms with Gasteiger partial charge in [-0.15, -0.1) is 0 Å². The zero-order valence-corrected chi connectivity index (χ0v) is 14.6. The van der Waals surface area contributed by atoms with E-state index in [0.717, 1.165) is 48.6 Å². The maximum absolute atomic E-state index is 11.9. The van der Waals surface area contributed by atoms with Gasteiger partial charge < -0.3 is 5.32 Å². The van der Waals surface area contributed by atoms with Gasteiger partial charge in [0.15, 0.2) is 5.65 Å². The molecule has 0 saturated heterocycles. The molecule has 0 radical (unpaired) electrons. The van der Waals surface area contributed by atoms with Crippen LogP contribution in [-0.4, -0.2) is 27.0 Å². The van der Waals surface area contributed by atoms with Crippen molar-refractivity contribution in [3.8, 4) is 0 Å². The number of carbonyl (C=O) groups excluding carboxylic acids is 1. The number of nitrogens with zero attached hydrogens (tertiary/aromatic N) is 3. The van der Waals surface area contributed by atoms with Crippen molar-refractivity contribution in [3.05, 3.63) is 29.7 Å². The molecule has 0 aliphatic heterocycles. The third-order valence-electron chi connectivity index (χ3n) is 4.96. The van der Waals surface area contributed by atoms with Crippen LogP contribution in [0.5, 0.6) is 0 Å². The maximum Gasteiger partial charge on any atom is 0.220 e. The number of aryl methyl sites for hydroxylation is 2. The molecule has 0 bridgehead atoms. The quantitative estimate of drug-likeness (QED) is 0.792. The lowest BCUT2D eigenvalue weighted by Crippen LogP contribution is -2.25. The van der Waals surface area contributed by atoms with E-state index in [1.165, 1.54) is 32.1 Å². The zero-order chi connectivity index (χ0) is 16.8. The Morgan fingerprint density at radius 2 is 2.17 bits per heavy atom. The molecule has 1 saturated carbocycles. The highest BCUT2D eigenvalue weighted by Gasteiger charge is 2.14. The fourth-order valence-corrected chi connectivity index (χ4v) is 3.58. The average Bonchev–Trinajstić information content (AvgIpc) is 2.97. The third-order valence-corrected chi connectivity index (χ3v) is 4.96. The fraction of sp³-hybridized carbons (Fsp3) is 0.632. The summed E-state index contributed by atoms with van der Waals surface area (Å²) >= 11 is 0. The first-order valence-electron chi connectivity index (χ1n) is 9.28. The first kappa shape index (κ1) is 16.9. The molecule has 1 fully saturated rings. The van der Waals surface area contributed by atoms with E-state index in [9.17, 15) is 4.79 Å². The summed E-state index contributed by atoms with van der Waals surface area (Å²) < 4.78 is 1.83. The van der Waals surface area contributed by atoms with Gasteiger partial charge >= 0.3 is 0 Å². The minimum absolute atomic E-state index is 0.205. The molecule has 3 rings (SSSR count). The van der Waals surface area contributed by atoms with E-state index in [0.29, 0.717) is 6.42 Å². The molecule has 1 aliphatic rings. The van der Waals surface area contributed by atoms with E-state index in [1.54, 1.807) is 0 Å². The summed E-state index contributed by atoms with van der Waals surface area (Å²) in [7, 11) is 0. The molecule has 1 aliphatic carbocycles. The topological polar surface area (TPSA) is 59.3 Å². The van der Waals surface area contributed by atoms with Crippen LogP contribution in [0.2, 0.25) is 0 Å². The summed E-state index contributed by atoms with van der Waals surface area (Å²) in [5.74, 6) is 0.983. The Balaban J connectivity index is 1.34. The van der Waals surface area contributed by atoms with Gasteiger partial charge in [0.25, 0.3) is 0 Å². The van der Waals surface area contributed by atoms with E-state index >= 15 is 0 Å². The molecule has 0 unspecified atom stereocenters. The van der Waals surface area contributed by atoms with Crippen LogP contribution in [0.3, 0.4) is 0 Å². The van der Waals surface area contributed by atoms with Crippen molar-refractivity contribution in [2.75, 3.05) is 6.54 Å². The van der Waals surface area contributed by atoms with Crippen molar-refractivity contribution in [1.82, 2.24) is 19.9 Å². The van der Waals surface area contributed by atoms with Crippen molar-refractivity contribution < 1.29 is 4.79 Å². The van der Waals surface area contributed by atoms with Crippen LogP contribution in [-0.2, 0) is 11.2 Å². The van der Waals surface area contributed by atoms with Crippen molar-refractivity contribution in [1.29, 1.82) is 0 Å². The lowest BCUT2D eigenvalue weighted by Gasteiger charge is -2.20. The fourth-order valence-electron chi connectivity index (χ4n) is 3.58. The number of rotatable bonds is 7. The smallest absolute Gasteiger partial charge is 0.220 e. The Morgan fingerprint density at radius 3 is 3.00 bits per heavy atom. The minimum atomic E-state index is 0.205. The van der Waals surface area contributed by atoms with Crippen LogP contribution in [0.15, 0.2) is 18.5 Å². The molecule has 24 heavy (non-hydrogen) atoms. The monoisotopic (exact) mass is 328 g/mol. The molecule has 1 amide bonds. The van der Waals surface area contributed by atoms with Gasteiger partial charge in [0, 0.05) is 31.4 Å². The van der Waals surface area contributed by atoms with Gasteiger partial charge in [-0.05, 0) is 37.7 Å². The Kier molecular flexibility index (Phi) is 5.83. The molecule has 0 aromatic carbocycles. The SMILES string of the molecule is Cc1cc2ncc(CCCNC(=O)CCC3CCCCC3)cn2n1. The molecule has 0 atom stereocenters. The predicted molar refractivity (Wildman–Crippen MR) is 94.9 cm³/mol. The summed E-state index contributed by atoms with van der Waals surface area (Å²) in [6, 6.07) is 1.97. The lowest BCUT2D eigenvalue weighted by atomic mass is 9.86. The van der Waals surface area contributed by atoms with Crippen LogP contribution in [0, 0.1) is 12.8 Å². The van der Waals surface area contributed by atoms with Gasteiger partial charge in [-0.25, -0.2) is 9.50 Å². The summed E-state index contributed by atoms with van der Waals surface area (Å²) in [6.45, 7) is 2.71. The van der Waals surface area contributed by atoms with E-state index in [1.807, 2.05) is 29.9 Å². The summed E-state index contributed by atoms with van der Waals surface area (Å²) in [4.78, 5) is 16.3. The molecule has 0 spiro atoms. The largest absolute Gasteiger partial charge is 0.356 e. The molecular formula is C19H28N4O. The van der Waals surface area contributed by atoms with Crippen LogP contribution >= 0.6 is 0 Å². The van der Waals surface area contributed by atoms with Crippen molar-refractivity contribution in [2.45, 2.75) is 64.7 Å². The standard InChI is InChI=1S/C19H28N4O/c1-15-12-18-21-13-17(14-23(18)22-15)8-5-11-20-19(24)10-9-16-6-3-2-4-7-16/h12-14,16H,2-11H2,1H3,(H,20,24). The van der Waals surface area contributed by atoms with E-state index in [-0.39, 0.29) is 5.91 Å². The summed E-state index contributed by atoms with van der Waals surface area (Å²) in [5, 5.41) is 7.44. The maximum atomic E-state index is 11.9. The number of aromatic nitrogens is 3. The van der Waals surface area contributed by atoms with Crippen LogP contribution in [0.4, 0.5) is 0 Å². The van der Waals surface area contributed by atoms with E-state index in [2.05, 4.69) is 15.4 Å². The van der Waals surface area contributed by atoms with Gasteiger partial charge in [0.1, 0.15) is 0 Å². The second-order valence-electron chi connectivity index (χ2n) is 7.05. The highest BCUT2D eigenvalue weighted by molar-refractivity contribution is 5.75. The minimum Gasteiger partial charge on any atom is -0.356 e. The Morgan fingerprint density at radius 1 is 1.33 bits per heavy atom. The molecular weight excluding hydrogens is 300 g/mol. The summed E-state index contributed by atoms with van der Waals surface area (Å²) in [5.41, 5.74) is 3.01. The third kappa shape index (κ3) is 4.79. The number of fused-ring (bicyclic) bond motifs is 1. The van der Waals surface area contributed by atoms with Gasteiger partial charge in [0.2, 0.25) is 5.91 Å². The Labute approximate surface area is 143 Å². The first-order chi connectivity index (χ1) is 11.7. The van der Waals surface area contributed by atoms with Gasteiger partial charge in [-0.3, -0.25) is 4.79 Å². The number of carbonyl (C=O) groups is 1. The number of amides is 1. The average molecular weight is 328 g/mol. The lowest BCUT2D eigenvalue weighted by molar-refractivity contribution is -0.121. The van der Waals surface area contributed by atoms with E-state index in [4.69, 9.17) is 0 Å². The Hall–Kier alpha value is -1.91. The zero-order valence-electron chi connectivity index (χ0n) is 14.6. The highest BCUT2D eigenvalue weighted by atomic mass is 16.1.